The third-order valence-corrected chi connectivity index (χ3v) is 4.44. The minimum Gasteiger partial charge on any atom is -0.345 e. The van der Waals surface area contributed by atoms with Crippen molar-refractivity contribution in [3.05, 3.63) is 95.8 Å². The fourth-order valence-electron chi connectivity index (χ4n) is 3.04. The van der Waals surface area contributed by atoms with Crippen LogP contribution in [0.2, 0.25) is 0 Å². The highest BCUT2D eigenvalue weighted by Gasteiger charge is 2.21. The molecule has 0 saturated heterocycles. The number of anilines is 1. The number of imidazole rings is 1. The van der Waals surface area contributed by atoms with E-state index in [2.05, 4.69) is 20.6 Å². The zero-order valence-electron chi connectivity index (χ0n) is 15.8. The van der Waals surface area contributed by atoms with Crippen molar-refractivity contribution in [2.45, 2.75) is 13.5 Å². The van der Waals surface area contributed by atoms with Gasteiger partial charge in [-0.3, -0.25) is 19.0 Å². The van der Waals surface area contributed by atoms with Gasteiger partial charge in [0.25, 0.3) is 11.8 Å². The molecule has 3 heterocycles. The summed E-state index contributed by atoms with van der Waals surface area (Å²) in [5.41, 5.74) is 3.39. The van der Waals surface area contributed by atoms with E-state index >= 15 is 0 Å². The monoisotopic (exact) mass is 385 g/mol. The van der Waals surface area contributed by atoms with Crippen molar-refractivity contribution < 1.29 is 9.59 Å². The number of amides is 2. The average Bonchev–Trinajstić information content (AvgIpc) is 3.13. The molecular formula is C22H19N5O2. The number of aryl methyl sites for hydroxylation is 1. The van der Waals surface area contributed by atoms with E-state index in [1.54, 1.807) is 41.2 Å². The lowest BCUT2D eigenvalue weighted by Gasteiger charge is -2.04. The molecule has 144 valence electrons. The number of hydrogen-bond acceptors (Lipinski definition) is 4. The van der Waals surface area contributed by atoms with Gasteiger partial charge in [0.2, 0.25) is 5.82 Å². The van der Waals surface area contributed by atoms with Gasteiger partial charge in [-0.25, -0.2) is 4.98 Å². The number of rotatable bonds is 5. The topological polar surface area (TPSA) is 88.4 Å². The number of pyridine rings is 2. The molecule has 0 unspecified atom stereocenters. The number of benzene rings is 1. The molecular weight excluding hydrogens is 366 g/mol. The first kappa shape index (κ1) is 18.4. The summed E-state index contributed by atoms with van der Waals surface area (Å²) >= 11 is 0. The van der Waals surface area contributed by atoms with Crippen molar-refractivity contribution in [2.75, 3.05) is 5.32 Å². The molecule has 0 spiro atoms. The molecule has 0 aliphatic heterocycles. The average molecular weight is 385 g/mol. The van der Waals surface area contributed by atoms with Gasteiger partial charge in [0.15, 0.2) is 5.69 Å². The maximum absolute atomic E-state index is 12.8. The van der Waals surface area contributed by atoms with Gasteiger partial charge in [0, 0.05) is 30.8 Å². The molecule has 3 aromatic heterocycles. The van der Waals surface area contributed by atoms with Gasteiger partial charge in [-0.2, -0.15) is 0 Å². The molecule has 0 radical (unpaired) electrons. The molecule has 0 bridgehead atoms. The second-order valence-corrected chi connectivity index (χ2v) is 6.60. The normalized spacial score (nSPS) is 10.7. The zero-order valence-corrected chi connectivity index (χ0v) is 15.8. The summed E-state index contributed by atoms with van der Waals surface area (Å²) in [6.07, 6.45) is 5.05. The zero-order chi connectivity index (χ0) is 20.2. The van der Waals surface area contributed by atoms with Gasteiger partial charge in [0.1, 0.15) is 0 Å². The van der Waals surface area contributed by atoms with Crippen LogP contribution in [0, 0.1) is 6.92 Å². The molecule has 4 rings (SSSR count). The predicted molar refractivity (Wildman–Crippen MR) is 110 cm³/mol. The maximum Gasteiger partial charge on any atom is 0.287 e. The van der Waals surface area contributed by atoms with E-state index in [0.29, 0.717) is 17.7 Å². The first-order valence-corrected chi connectivity index (χ1v) is 9.14. The highest BCUT2D eigenvalue weighted by molar-refractivity contribution is 6.09. The lowest BCUT2D eigenvalue weighted by Crippen LogP contribution is -2.25. The molecule has 0 atom stereocenters. The smallest absolute Gasteiger partial charge is 0.287 e. The highest BCUT2D eigenvalue weighted by Crippen LogP contribution is 2.17. The Kier molecular flexibility index (Phi) is 5.03. The van der Waals surface area contributed by atoms with Gasteiger partial charge < -0.3 is 10.6 Å². The number of carbonyl (C=O) groups excluding carboxylic acids is 2. The van der Waals surface area contributed by atoms with Crippen LogP contribution in [0.3, 0.4) is 0 Å². The summed E-state index contributed by atoms with van der Waals surface area (Å²) < 4.78 is 1.62. The van der Waals surface area contributed by atoms with Crippen molar-refractivity contribution in [1.82, 2.24) is 19.7 Å². The summed E-state index contributed by atoms with van der Waals surface area (Å²) in [7, 11) is 0. The lowest BCUT2D eigenvalue weighted by molar-refractivity contribution is 0.0940. The Bertz CT molecular complexity index is 1180. The van der Waals surface area contributed by atoms with Crippen molar-refractivity contribution >= 4 is 23.0 Å². The van der Waals surface area contributed by atoms with Crippen LogP contribution >= 0.6 is 0 Å². The summed E-state index contributed by atoms with van der Waals surface area (Å²) in [5, 5.41) is 5.68. The molecule has 0 aliphatic rings. The van der Waals surface area contributed by atoms with Gasteiger partial charge in [-0.1, -0.05) is 18.2 Å². The Labute approximate surface area is 167 Å². The van der Waals surface area contributed by atoms with Crippen molar-refractivity contribution in [3.8, 4) is 0 Å². The Balaban J connectivity index is 1.61. The fourth-order valence-corrected chi connectivity index (χ4v) is 3.04. The molecule has 2 amide bonds. The largest absolute Gasteiger partial charge is 0.345 e. The molecule has 0 aliphatic carbocycles. The Morgan fingerprint density at radius 1 is 1.00 bits per heavy atom. The van der Waals surface area contributed by atoms with Gasteiger partial charge in [0.05, 0.1) is 5.52 Å². The van der Waals surface area contributed by atoms with Crippen LogP contribution in [-0.2, 0) is 6.54 Å². The van der Waals surface area contributed by atoms with Crippen LogP contribution < -0.4 is 10.6 Å². The third-order valence-electron chi connectivity index (χ3n) is 4.44. The molecule has 7 heteroatoms. The van der Waals surface area contributed by atoms with E-state index < -0.39 is 0 Å². The first-order valence-electron chi connectivity index (χ1n) is 9.14. The van der Waals surface area contributed by atoms with Gasteiger partial charge >= 0.3 is 0 Å². The fraction of sp³-hybridized carbons (Fsp3) is 0.0909. The molecule has 4 aromatic rings. The number of carbonyl (C=O) groups is 2. The molecule has 0 fully saturated rings. The molecule has 29 heavy (non-hydrogen) atoms. The van der Waals surface area contributed by atoms with Crippen LogP contribution in [0.25, 0.3) is 5.52 Å². The maximum atomic E-state index is 12.8. The first-order chi connectivity index (χ1) is 14.1. The van der Waals surface area contributed by atoms with Crippen LogP contribution in [0.4, 0.5) is 5.69 Å². The van der Waals surface area contributed by atoms with Gasteiger partial charge in [-0.15, -0.1) is 0 Å². The number of nitrogens with zero attached hydrogens (tertiary/aromatic N) is 3. The van der Waals surface area contributed by atoms with Crippen LogP contribution in [0.1, 0.15) is 32.2 Å². The van der Waals surface area contributed by atoms with Crippen molar-refractivity contribution in [2.24, 2.45) is 0 Å². The summed E-state index contributed by atoms with van der Waals surface area (Å²) in [6.45, 7) is 2.29. The van der Waals surface area contributed by atoms with E-state index in [1.807, 2.05) is 43.3 Å². The standard InChI is InChI=1S/C22H19N5O2/c1-15-5-4-6-17(13-15)25-21(28)19-18-7-2-3-12-27(18)20(26-19)22(29)24-14-16-8-10-23-11-9-16/h2-13H,14H2,1H3,(H,24,29)(H,25,28). The van der Waals surface area contributed by atoms with Crippen molar-refractivity contribution in [3.63, 3.8) is 0 Å². The summed E-state index contributed by atoms with van der Waals surface area (Å²) in [5.74, 6) is -0.575. The van der Waals surface area contributed by atoms with Crippen molar-refractivity contribution in [1.29, 1.82) is 0 Å². The van der Waals surface area contributed by atoms with E-state index in [4.69, 9.17) is 0 Å². The minimum absolute atomic E-state index is 0.157. The Morgan fingerprint density at radius 2 is 1.83 bits per heavy atom. The predicted octanol–water partition coefficient (Wildman–Crippen LogP) is 3.22. The lowest BCUT2D eigenvalue weighted by atomic mass is 10.2. The highest BCUT2D eigenvalue weighted by atomic mass is 16.2. The Hall–Kier alpha value is -4.00. The third kappa shape index (κ3) is 3.98. The van der Waals surface area contributed by atoms with Crippen LogP contribution in [0.15, 0.2) is 73.2 Å². The number of nitrogens with one attached hydrogen (secondary N) is 2. The molecule has 7 nitrogen and oxygen atoms in total. The minimum atomic E-state index is -0.368. The second kappa shape index (κ2) is 7.93. The number of hydrogen-bond donors (Lipinski definition) is 2. The molecule has 1 aromatic carbocycles. The van der Waals surface area contributed by atoms with Crippen LogP contribution in [-0.4, -0.2) is 26.2 Å². The summed E-state index contributed by atoms with van der Waals surface area (Å²) in [4.78, 5) is 33.9. The van der Waals surface area contributed by atoms with E-state index in [1.165, 1.54) is 0 Å². The van der Waals surface area contributed by atoms with Crippen LogP contribution in [0.5, 0.6) is 0 Å². The quantitative estimate of drug-likeness (QED) is 0.552. The number of fused-ring (bicyclic) bond motifs is 1. The Morgan fingerprint density at radius 3 is 2.62 bits per heavy atom. The van der Waals surface area contributed by atoms with E-state index in [0.717, 1.165) is 11.1 Å². The SMILES string of the molecule is Cc1cccc(NC(=O)c2nc(C(=O)NCc3ccncc3)n3ccccc23)c1. The van der Waals surface area contributed by atoms with E-state index in [9.17, 15) is 9.59 Å². The summed E-state index contributed by atoms with van der Waals surface area (Å²) in [6, 6.07) is 16.5. The van der Waals surface area contributed by atoms with E-state index in [-0.39, 0.29) is 23.3 Å². The van der Waals surface area contributed by atoms with Gasteiger partial charge in [-0.05, 0) is 54.4 Å². The molecule has 2 N–H and O–H groups in total. The second-order valence-electron chi connectivity index (χ2n) is 6.60. The molecule has 0 saturated carbocycles. The number of aromatic nitrogens is 3.